The second kappa shape index (κ2) is 6.28. The number of nitro groups is 1. The summed E-state index contributed by atoms with van der Waals surface area (Å²) in [4.78, 5) is 18.1. The molecule has 1 aromatic heterocycles. The molecule has 2 rings (SSSR count). The highest BCUT2D eigenvalue weighted by atomic mass is 16.6. The smallest absolute Gasteiger partial charge is 0.372 e. The number of ether oxygens (including phenoxy) is 1. The summed E-state index contributed by atoms with van der Waals surface area (Å²) in [5.41, 5.74) is -0.213. The quantitative estimate of drug-likeness (QED) is 0.580. The van der Waals surface area contributed by atoms with E-state index in [1.165, 1.54) is 13.4 Å². The maximum Gasteiger partial charge on any atom is 0.372 e. The fraction of sp³-hybridized carbons (Fsp3) is 0.636. The Morgan fingerprint density at radius 3 is 3.11 bits per heavy atom. The lowest BCUT2D eigenvalue weighted by Crippen LogP contribution is -2.14. The van der Waals surface area contributed by atoms with Gasteiger partial charge in [-0.15, -0.1) is 0 Å². The van der Waals surface area contributed by atoms with Gasteiger partial charge in [0.05, 0.1) is 12.0 Å². The van der Waals surface area contributed by atoms with E-state index in [0.717, 1.165) is 25.9 Å². The Morgan fingerprint density at radius 2 is 2.47 bits per heavy atom. The van der Waals surface area contributed by atoms with Gasteiger partial charge in [0.25, 0.3) is 5.88 Å². The van der Waals surface area contributed by atoms with Crippen molar-refractivity contribution in [2.24, 2.45) is 5.92 Å². The molecule has 8 nitrogen and oxygen atoms in total. The monoisotopic (exact) mass is 267 g/mol. The van der Waals surface area contributed by atoms with Crippen LogP contribution in [0.5, 0.6) is 5.88 Å². The molecule has 0 aromatic carbocycles. The van der Waals surface area contributed by atoms with Gasteiger partial charge in [-0.05, 0) is 31.8 Å². The van der Waals surface area contributed by atoms with Gasteiger partial charge in [-0.2, -0.15) is 4.98 Å². The molecule has 0 amide bonds. The van der Waals surface area contributed by atoms with Gasteiger partial charge in [0.2, 0.25) is 5.82 Å². The summed E-state index contributed by atoms with van der Waals surface area (Å²) in [5.74, 6) is 0.808. The minimum Gasteiger partial charge on any atom is -0.476 e. The van der Waals surface area contributed by atoms with Crippen LogP contribution in [0.2, 0.25) is 0 Å². The molecule has 0 radical (unpaired) electrons. The summed E-state index contributed by atoms with van der Waals surface area (Å²) in [6, 6.07) is 0. The average molecular weight is 267 g/mol. The van der Waals surface area contributed by atoms with E-state index in [-0.39, 0.29) is 17.4 Å². The second-order valence-electron chi connectivity index (χ2n) is 4.41. The first kappa shape index (κ1) is 13.5. The standard InChI is InChI=1S/C11H17N5O3/c1-19-11-9(16(17)18)10(14-7-15-11)13-5-3-8-2-4-12-6-8/h7-8,12H,2-6H2,1H3,(H,13,14,15). The number of hydrogen-bond acceptors (Lipinski definition) is 7. The number of methoxy groups -OCH3 is 1. The summed E-state index contributed by atoms with van der Waals surface area (Å²) < 4.78 is 4.88. The highest BCUT2D eigenvalue weighted by molar-refractivity contribution is 5.60. The minimum atomic E-state index is -0.529. The molecule has 2 heterocycles. The number of nitrogens with zero attached hydrogens (tertiary/aromatic N) is 3. The van der Waals surface area contributed by atoms with Crippen molar-refractivity contribution in [1.82, 2.24) is 15.3 Å². The van der Waals surface area contributed by atoms with E-state index < -0.39 is 4.92 Å². The van der Waals surface area contributed by atoms with Gasteiger partial charge in [0.15, 0.2) is 0 Å². The lowest BCUT2D eigenvalue weighted by Gasteiger charge is -2.10. The van der Waals surface area contributed by atoms with Crippen LogP contribution in [-0.4, -0.2) is 41.6 Å². The van der Waals surface area contributed by atoms with Crippen molar-refractivity contribution in [2.75, 3.05) is 32.1 Å². The fourth-order valence-electron chi connectivity index (χ4n) is 2.16. The van der Waals surface area contributed by atoms with Crippen molar-refractivity contribution in [1.29, 1.82) is 0 Å². The molecule has 0 aliphatic carbocycles. The normalized spacial score (nSPS) is 18.3. The Hall–Kier alpha value is -1.96. The fourth-order valence-corrected chi connectivity index (χ4v) is 2.16. The highest BCUT2D eigenvalue weighted by Crippen LogP contribution is 2.30. The van der Waals surface area contributed by atoms with Gasteiger partial charge >= 0.3 is 5.69 Å². The summed E-state index contributed by atoms with van der Waals surface area (Å²) in [5, 5.41) is 17.3. The van der Waals surface area contributed by atoms with E-state index in [1.807, 2.05) is 0 Å². The highest BCUT2D eigenvalue weighted by Gasteiger charge is 2.24. The Morgan fingerprint density at radius 1 is 1.63 bits per heavy atom. The molecule has 0 saturated carbocycles. The zero-order chi connectivity index (χ0) is 13.7. The van der Waals surface area contributed by atoms with Crippen LogP contribution in [0.25, 0.3) is 0 Å². The molecular weight excluding hydrogens is 250 g/mol. The maximum atomic E-state index is 11.0. The third kappa shape index (κ3) is 3.28. The molecule has 1 atom stereocenters. The van der Waals surface area contributed by atoms with Crippen LogP contribution in [0.4, 0.5) is 11.5 Å². The molecular formula is C11H17N5O3. The molecule has 8 heteroatoms. The Labute approximate surface area is 110 Å². The zero-order valence-electron chi connectivity index (χ0n) is 10.8. The lowest BCUT2D eigenvalue weighted by atomic mass is 10.1. The van der Waals surface area contributed by atoms with Crippen molar-refractivity contribution in [3.8, 4) is 5.88 Å². The van der Waals surface area contributed by atoms with Gasteiger partial charge in [-0.25, -0.2) is 4.98 Å². The van der Waals surface area contributed by atoms with E-state index in [4.69, 9.17) is 4.74 Å². The topological polar surface area (TPSA) is 102 Å². The zero-order valence-corrected chi connectivity index (χ0v) is 10.8. The van der Waals surface area contributed by atoms with Crippen LogP contribution in [0.3, 0.4) is 0 Å². The van der Waals surface area contributed by atoms with Crippen LogP contribution in [0.15, 0.2) is 6.33 Å². The van der Waals surface area contributed by atoms with Crippen LogP contribution >= 0.6 is 0 Å². The Balaban J connectivity index is 2.00. The van der Waals surface area contributed by atoms with Crippen LogP contribution < -0.4 is 15.4 Å². The Bertz CT molecular complexity index is 448. The SMILES string of the molecule is COc1ncnc(NCCC2CCNC2)c1[N+](=O)[O-]. The third-order valence-electron chi connectivity index (χ3n) is 3.17. The van der Waals surface area contributed by atoms with Gasteiger partial charge in [-0.1, -0.05) is 0 Å². The van der Waals surface area contributed by atoms with Crippen LogP contribution in [0, 0.1) is 16.0 Å². The van der Waals surface area contributed by atoms with Crippen LogP contribution in [-0.2, 0) is 0 Å². The predicted molar refractivity (Wildman–Crippen MR) is 69.3 cm³/mol. The first-order valence-corrected chi connectivity index (χ1v) is 6.20. The van der Waals surface area contributed by atoms with Crippen molar-refractivity contribution in [2.45, 2.75) is 12.8 Å². The van der Waals surface area contributed by atoms with Crippen molar-refractivity contribution < 1.29 is 9.66 Å². The molecule has 104 valence electrons. The van der Waals surface area contributed by atoms with Gasteiger partial charge in [0, 0.05) is 6.54 Å². The first-order chi connectivity index (χ1) is 9.22. The van der Waals surface area contributed by atoms with Gasteiger partial charge < -0.3 is 15.4 Å². The number of hydrogen-bond donors (Lipinski definition) is 2. The first-order valence-electron chi connectivity index (χ1n) is 6.20. The number of rotatable bonds is 6. The Kier molecular flexibility index (Phi) is 4.45. The third-order valence-corrected chi connectivity index (χ3v) is 3.17. The van der Waals surface area contributed by atoms with E-state index in [1.54, 1.807) is 0 Å². The molecule has 1 unspecified atom stereocenters. The molecule has 0 spiro atoms. The minimum absolute atomic E-state index is 0.0231. The maximum absolute atomic E-state index is 11.0. The molecule has 0 bridgehead atoms. The molecule has 1 saturated heterocycles. The van der Waals surface area contributed by atoms with E-state index in [2.05, 4.69) is 20.6 Å². The van der Waals surface area contributed by atoms with Crippen LogP contribution in [0.1, 0.15) is 12.8 Å². The predicted octanol–water partition coefficient (Wildman–Crippen LogP) is 0.805. The van der Waals surface area contributed by atoms with E-state index >= 15 is 0 Å². The molecule has 2 N–H and O–H groups in total. The van der Waals surface area contributed by atoms with Crippen molar-refractivity contribution in [3.63, 3.8) is 0 Å². The molecule has 1 aromatic rings. The number of aromatic nitrogens is 2. The molecule has 1 aliphatic heterocycles. The summed E-state index contributed by atoms with van der Waals surface area (Å²) in [6.45, 7) is 2.70. The lowest BCUT2D eigenvalue weighted by molar-refractivity contribution is -0.385. The summed E-state index contributed by atoms with van der Waals surface area (Å²) in [7, 11) is 1.35. The molecule has 1 fully saturated rings. The van der Waals surface area contributed by atoms with E-state index in [9.17, 15) is 10.1 Å². The largest absolute Gasteiger partial charge is 0.476 e. The van der Waals surface area contributed by atoms with Crippen molar-refractivity contribution >= 4 is 11.5 Å². The van der Waals surface area contributed by atoms with E-state index in [0.29, 0.717) is 12.5 Å². The van der Waals surface area contributed by atoms with Crippen molar-refractivity contribution in [3.05, 3.63) is 16.4 Å². The summed E-state index contributed by atoms with van der Waals surface area (Å²) >= 11 is 0. The molecule has 1 aliphatic rings. The van der Waals surface area contributed by atoms with Gasteiger partial charge in [0.1, 0.15) is 6.33 Å². The summed E-state index contributed by atoms with van der Waals surface area (Å²) in [6.07, 6.45) is 3.36. The number of anilines is 1. The molecule has 19 heavy (non-hydrogen) atoms. The number of nitrogens with one attached hydrogen (secondary N) is 2. The second-order valence-corrected chi connectivity index (χ2v) is 4.41. The average Bonchev–Trinajstić information content (AvgIpc) is 2.91. The van der Waals surface area contributed by atoms with Gasteiger partial charge in [-0.3, -0.25) is 10.1 Å².